The Labute approximate surface area is 119 Å². The van der Waals surface area contributed by atoms with E-state index < -0.39 is 0 Å². The zero-order valence-electron chi connectivity index (χ0n) is 11.7. The van der Waals surface area contributed by atoms with Gasteiger partial charge in [-0.15, -0.1) is 0 Å². The van der Waals surface area contributed by atoms with Gasteiger partial charge >= 0.3 is 0 Å². The molecular formula is C14H24CoO2-6. The van der Waals surface area contributed by atoms with E-state index in [1.54, 1.807) is 13.2 Å². The van der Waals surface area contributed by atoms with Gasteiger partial charge in [0.25, 0.3) is 0 Å². The number of carbonyl (C=O) groups excluding carboxylic acids is 1. The largest absolute Gasteiger partial charge is 0.553 e. The first-order chi connectivity index (χ1) is 5.33. The topological polar surface area (TPSA) is 26.3 Å². The van der Waals surface area contributed by atoms with Gasteiger partial charge in [-0.05, 0) is 18.1 Å². The predicted octanol–water partition coefficient (Wildman–Crippen LogP) is 4.11. The second kappa shape index (κ2) is 20.6. The van der Waals surface area contributed by atoms with Crippen LogP contribution in [0, 0.1) is 37.1 Å². The van der Waals surface area contributed by atoms with E-state index in [0.717, 1.165) is 12.2 Å². The molecule has 0 bridgehead atoms. The van der Waals surface area contributed by atoms with Crippen molar-refractivity contribution in [3.8, 4) is 0 Å². The van der Waals surface area contributed by atoms with E-state index in [4.69, 9.17) is 4.74 Å². The first-order valence-electron chi connectivity index (χ1n) is 3.41. The fourth-order valence-corrected chi connectivity index (χ4v) is 0.823. The molecule has 1 radical (unpaired) electrons. The Morgan fingerprint density at radius 3 is 2.18 bits per heavy atom. The maximum absolute atomic E-state index is 9.87. The molecule has 1 rings (SSSR count). The van der Waals surface area contributed by atoms with Crippen LogP contribution < -0.4 is 0 Å². The summed E-state index contributed by atoms with van der Waals surface area (Å²) >= 11 is 0. The van der Waals surface area contributed by atoms with Crippen LogP contribution in [0.3, 0.4) is 0 Å². The Balaban J connectivity index is -0.0000000504. The van der Waals surface area contributed by atoms with Crippen molar-refractivity contribution >= 4 is 6.29 Å². The molecule has 0 fully saturated rings. The van der Waals surface area contributed by atoms with Crippen LogP contribution in [0.1, 0.15) is 13.3 Å². The van der Waals surface area contributed by atoms with Crippen molar-refractivity contribution in [1.82, 2.24) is 0 Å². The molecule has 0 unspecified atom stereocenters. The Hall–Kier alpha value is -0.804. The average molecular weight is 283 g/mol. The summed E-state index contributed by atoms with van der Waals surface area (Å²) < 4.78 is 5.25. The monoisotopic (exact) mass is 283 g/mol. The minimum absolute atomic E-state index is 0. The Morgan fingerprint density at radius 2 is 1.82 bits per heavy atom. The van der Waals surface area contributed by atoms with Gasteiger partial charge in [0.05, 0.1) is 5.76 Å². The molecule has 0 aromatic heterocycles. The van der Waals surface area contributed by atoms with Crippen molar-refractivity contribution < 1.29 is 26.3 Å². The van der Waals surface area contributed by atoms with Crippen LogP contribution in [0.2, 0.25) is 0 Å². The van der Waals surface area contributed by atoms with Crippen LogP contribution in [-0.2, 0) is 26.3 Å². The summed E-state index contributed by atoms with van der Waals surface area (Å²) in [5.41, 5.74) is 0. The molecule has 0 heterocycles. The molecule has 1 aliphatic rings. The first-order valence-corrected chi connectivity index (χ1v) is 3.41. The summed E-state index contributed by atoms with van der Waals surface area (Å²) in [6.07, 6.45) is 9.54. The van der Waals surface area contributed by atoms with Crippen molar-refractivity contribution in [2.45, 2.75) is 13.3 Å². The van der Waals surface area contributed by atoms with E-state index in [1.165, 1.54) is 6.08 Å². The number of rotatable bonds is 3. The van der Waals surface area contributed by atoms with Crippen molar-refractivity contribution in [1.29, 1.82) is 0 Å². The molecule has 2 nitrogen and oxygen atoms in total. The zero-order chi connectivity index (χ0) is 8.10. The van der Waals surface area contributed by atoms with Crippen LogP contribution in [-0.4, -0.2) is 6.29 Å². The molecule has 0 spiro atoms. The van der Waals surface area contributed by atoms with Gasteiger partial charge in [-0.1, -0.05) is 19.1 Å². The summed E-state index contributed by atoms with van der Waals surface area (Å²) in [4.78, 5) is 9.87. The smallest absolute Gasteiger partial charge is 0.0835 e. The van der Waals surface area contributed by atoms with E-state index in [1.807, 2.05) is 18.2 Å². The normalized spacial score (nSPS) is 10.6. The molecule has 107 valence electrons. The van der Waals surface area contributed by atoms with Crippen molar-refractivity contribution in [2.24, 2.45) is 0 Å². The van der Waals surface area contributed by atoms with Gasteiger partial charge in [0.1, 0.15) is 0 Å². The Morgan fingerprint density at radius 1 is 1.29 bits per heavy atom. The summed E-state index contributed by atoms with van der Waals surface area (Å²) in [5, 5.41) is 0. The summed E-state index contributed by atoms with van der Waals surface area (Å²) in [7, 11) is 0. The molecule has 1 aliphatic carbocycles. The molecule has 0 saturated carbocycles. The molecular weight excluding hydrogens is 259 g/mol. The third-order valence-electron chi connectivity index (χ3n) is 1.29. The molecule has 17 heavy (non-hydrogen) atoms. The molecule has 3 heteroatoms. The SMILES string of the molecule is C/C(=C\[C-]=O)OC1=CC=CC1.[CH3-].[CH3-].[CH3-].[CH3-].[CH3-].[Co]. The number of ether oxygens (including phenoxy) is 1. The average Bonchev–Trinajstić information content (AvgIpc) is 2.40. The molecule has 0 aromatic carbocycles. The second-order valence-corrected chi connectivity index (χ2v) is 2.24. The maximum atomic E-state index is 9.87. The predicted molar refractivity (Wildman–Crippen MR) is 74.4 cm³/mol. The van der Waals surface area contributed by atoms with Gasteiger partial charge in [0, 0.05) is 23.2 Å². The molecule has 0 saturated heterocycles. The fraction of sp³-hybridized carbons (Fsp3) is 0.143. The van der Waals surface area contributed by atoms with Crippen LogP contribution in [0.4, 0.5) is 0 Å². The number of hydrogen-bond acceptors (Lipinski definition) is 2. The standard InChI is InChI=1S/C9H9O2.5CH3.Co/c1-8(6-7-10)11-9-4-2-3-5-9;;;;;;/h2-4,6H,5H2,1H3;5*1H3;/q6*-1;/b8-6+;;;;;;. The summed E-state index contributed by atoms with van der Waals surface area (Å²) in [6, 6.07) is 0. The Kier molecular flexibility index (Phi) is 43.6. The van der Waals surface area contributed by atoms with E-state index in [2.05, 4.69) is 0 Å². The third kappa shape index (κ3) is 15.2. The number of hydrogen-bond donors (Lipinski definition) is 0. The second-order valence-electron chi connectivity index (χ2n) is 2.24. The van der Waals surface area contributed by atoms with E-state index >= 15 is 0 Å². The fourth-order valence-electron chi connectivity index (χ4n) is 0.823. The van der Waals surface area contributed by atoms with Crippen molar-refractivity contribution in [2.75, 3.05) is 0 Å². The quantitative estimate of drug-likeness (QED) is 0.442. The molecule has 0 amide bonds. The molecule has 0 aromatic rings. The minimum atomic E-state index is 0. The number of allylic oxidation sites excluding steroid dienone is 5. The van der Waals surface area contributed by atoms with Gasteiger partial charge < -0.3 is 46.7 Å². The Bertz CT molecular complexity index is 235. The minimum Gasteiger partial charge on any atom is -0.553 e. The summed E-state index contributed by atoms with van der Waals surface area (Å²) in [5.74, 6) is 1.45. The van der Waals surface area contributed by atoms with Crippen LogP contribution >= 0.6 is 0 Å². The van der Waals surface area contributed by atoms with Crippen LogP contribution in [0.15, 0.2) is 35.8 Å². The maximum Gasteiger partial charge on any atom is 0.0835 e. The van der Waals surface area contributed by atoms with E-state index in [9.17, 15) is 4.79 Å². The van der Waals surface area contributed by atoms with Gasteiger partial charge in [-0.25, -0.2) is 0 Å². The van der Waals surface area contributed by atoms with Crippen LogP contribution in [0.5, 0.6) is 0 Å². The van der Waals surface area contributed by atoms with Gasteiger partial charge in [0.2, 0.25) is 0 Å². The summed E-state index contributed by atoms with van der Waals surface area (Å²) in [6.45, 7) is 1.73. The molecule has 0 atom stereocenters. The van der Waals surface area contributed by atoms with Gasteiger partial charge in [0.15, 0.2) is 0 Å². The van der Waals surface area contributed by atoms with Crippen LogP contribution in [0.25, 0.3) is 0 Å². The zero-order valence-corrected chi connectivity index (χ0v) is 12.7. The van der Waals surface area contributed by atoms with E-state index in [0.29, 0.717) is 5.76 Å². The molecule has 0 N–H and O–H groups in total. The molecule has 0 aliphatic heterocycles. The van der Waals surface area contributed by atoms with Gasteiger partial charge in [-0.2, -0.15) is 6.08 Å². The van der Waals surface area contributed by atoms with Gasteiger partial charge in [-0.3, -0.25) is 0 Å². The van der Waals surface area contributed by atoms with Crippen molar-refractivity contribution in [3.05, 3.63) is 73.0 Å². The third-order valence-corrected chi connectivity index (χ3v) is 1.29. The first kappa shape index (κ1) is 36.0. The van der Waals surface area contributed by atoms with Crippen molar-refractivity contribution in [3.63, 3.8) is 0 Å². The van der Waals surface area contributed by atoms with E-state index in [-0.39, 0.29) is 53.9 Å².